The molecule has 0 bridgehead atoms. The number of aromatic nitrogens is 2. The number of anilines is 1. The Hall–Kier alpha value is -1.68. The van der Waals surface area contributed by atoms with Crippen LogP contribution in [0.5, 0.6) is 0 Å². The average Bonchev–Trinajstić information content (AvgIpc) is 2.51. The standard InChI is InChI=1S/C11H14N4O2S/c1-8-5-9(6-12)14-10(13-8)15-11(2)3-4-18(16,17)7-11/h5H,3-4,7H2,1-2H3,(H,13,14,15). The summed E-state index contributed by atoms with van der Waals surface area (Å²) in [5.74, 6) is 0.554. The van der Waals surface area contributed by atoms with E-state index in [1.54, 1.807) is 13.0 Å². The topological polar surface area (TPSA) is 95.7 Å². The average molecular weight is 266 g/mol. The predicted molar refractivity (Wildman–Crippen MR) is 66.8 cm³/mol. The summed E-state index contributed by atoms with van der Waals surface area (Å²) in [6.07, 6.45) is 0.522. The number of rotatable bonds is 2. The summed E-state index contributed by atoms with van der Waals surface area (Å²) in [5, 5.41) is 11.9. The highest BCUT2D eigenvalue weighted by atomic mass is 32.2. The first-order valence-electron chi connectivity index (χ1n) is 5.56. The predicted octanol–water partition coefficient (Wildman–Crippen LogP) is 0.646. The first-order valence-corrected chi connectivity index (χ1v) is 7.38. The number of aryl methyl sites for hydroxylation is 1. The van der Waals surface area contributed by atoms with Gasteiger partial charge in [0.2, 0.25) is 5.95 Å². The fraction of sp³-hybridized carbons (Fsp3) is 0.545. The molecule has 2 heterocycles. The van der Waals surface area contributed by atoms with E-state index in [0.717, 1.165) is 0 Å². The van der Waals surface area contributed by atoms with Gasteiger partial charge in [-0.3, -0.25) is 0 Å². The van der Waals surface area contributed by atoms with Gasteiger partial charge in [-0.1, -0.05) is 0 Å². The maximum absolute atomic E-state index is 11.5. The Bertz CT molecular complexity index is 620. The Kier molecular flexibility index (Phi) is 2.99. The Morgan fingerprint density at radius 3 is 2.78 bits per heavy atom. The summed E-state index contributed by atoms with van der Waals surface area (Å²) in [5.41, 5.74) is 0.391. The van der Waals surface area contributed by atoms with E-state index in [1.807, 2.05) is 13.0 Å². The van der Waals surface area contributed by atoms with E-state index >= 15 is 0 Å². The molecule has 6 nitrogen and oxygen atoms in total. The van der Waals surface area contributed by atoms with Crippen LogP contribution in [0.3, 0.4) is 0 Å². The molecule has 1 atom stereocenters. The smallest absolute Gasteiger partial charge is 0.224 e. The highest BCUT2D eigenvalue weighted by molar-refractivity contribution is 7.91. The molecular formula is C11H14N4O2S. The van der Waals surface area contributed by atoms with E-state index in [1.165, 1.54) is 0 Å². The van der Waals surface area contributed by atoms with E-state index in [0.29, 0.717) is 18.1 Å². The summed E-state index contributed by atoms with van der Waals surface area (Å²) in [4.78, 5) is 8.20. The summed E-state index contributed by atoms with van der Waals surface area (Å²) in [6, 6.07) is 3.53. The second-order valence-corrected chi connectivity index (χ2v) is 7.04. The Labute approximate surface area is 106 Å². The van der Waals surface area contributed by atoms with Gasteiger partial charge in [-0.15, -0.1) is 0 Å². The van der Waals surface area contributed by atoms with Gasteiger partial charge in [-0.05, 0) is 26.3 Å². The molecule has 1 fully saturated rings. The number of nitriles is 1. The number of nitrogens with one attached hydrogen (secondary N) is 1. The molecule has 1 aromatic heterocycles. The minimum atomic E-state index is -2.98. The fourth-order valence-electron chi connectivity index (χ4n) is 2.06. The normalized spacial score (nSPS) is 25.6. The molecule has 1 unspecified atom stereocenters. The fourth-order valence-corrected chi connectivity index (χ4v) is 4.15. The van der Waals surface area contributed by atoms with Crippen LogP contribution in [0.1, 0.15) is 24.7 Å². The van der Waals surface area contributed by atoms with Crippen LogP contribution in [0, 0.1) is 18.3 Å². The maximum atomic E-state index is 11.5. The molecule has 0 amide bonds. The Morgan fingerprint density at radius 1 is 1.50 bits per heavy atom. The number of hydrogen-bond donors (Lipinski definition) is 1. The molecule has 0 radical (unpaired) electrons. The van der Waals surface area contributed by atoms with Crippen LogP contribution in [0.25, 0.3) is 0 Å². The highest BCUT2D eigenvalue weighted by Gasteiger charge is 2.38. The van der Waals surface area contributed by atoms with Gasteiger partial charge in [-0.25, -0.2) is 18.4 Å². The third-order valence-corrected chi connectivity index (χ3v) is 4.79. The molecule has 7 heteroatoms. The van der Waals surface area contributed by atoms with Crippen molar-refractivity contribution in [1.82, 2.24) is 9.97 Å². The molecular weight excluding hydrogens is 252 g/mol. The van der Waals surface area contributed by atoms with Gasteiger partial charge in [0.05, 0.1) is 17.0 Å². The zero-order valence-corrected chi connectivity index (χ0v) is 11.1. The summed E-state index contributed by atoms with van der Waals surface area (Å²) in [7, 11) is -2.98. The van der Waals surface area contributed by atoms with Crippen LogP contribution in [0.15, 0.2) is 6.07 Å². The van der Waals surface area contributed by atoms with Crippen molar-refractivity contribution in [3.8, 4) is 6.07 Å². The van der Waals surface area contributed by atoms with E-state index in [9.17, 15) is 8.42 Å². The van der Waals surface area contributed by atoms with Gasteiger partial charge >= 0.3 is 0 Å². The molecule has 1 aliphatic heterocycles. The molecule has 0 aliphatic carbocycles. The van der Waals surface area contributed by atoms with Gasteiger partial charge in [-0.2, -0.15) is 5.26 Å². The van der Waals surface area contributed by atoms with Crippen molar-refractivity contribution >= 4 is 15.8 Å². The van der Waals surface area contributed by atoms with Crippen molar-refractivity contribution in [1.29, 1.82) is 5.26 Å². The molecule has 0 spiro atoms. The quantitative estimate of drug-likeness (QED) is 0.844. The lowest BCUT2D eigenvalue weighted by molar-refractivity contribution is 0.569. The van der Waals surface area contributed by atoms with Crippen molar-refractivity contribution in [2.24, 2.45) is 0 Å². The molecule has 96 valence electrons. The molecule has 1 aromatic rings. The third-order valence-electron chi connectivity index (χ3n) is 2.89. The summed E-state index contributed by atoms with van der Waals surface area (Å²) < 4.78 is 23.0. The van der Waals surface area contributed by atoms with Crippen molar-refractivity contribution in [2.45, 2.75) is 25.8 Å². The second-order valence-electron chi connectivity index (χ2n) is 4.86. The largest absolute Gasteiger partial charge is 0.348 e. The lowest BCUT2D eigenvalue weighted by Gasteiger charge is -2.23. The first-order chi connectivity index (χ1) is 8.32. The van der Waals surface area contributed by atoms with E-state index in [2.05, 4.69) is 15.3 Å². The van der Waals surface area contributed by atoms with Crippen LogP contribution in [0.4, 0.5) is 5.95 Å². The minimum Gasteiger partial charge on any atom is -0.348 e. The molecule has 2 rings (SSSR count). The molecule has 0 aromatic carbocycles. The lowest BCUT2D eigenvalue weighted by atomic mass is 10.0. The van der Waals surface area contributed by atoms with Crippen LogP contribution in [-0.2, 0) is 9.84 Å². The van der Waals surface area contributed by atoms with Gasteiger partial charge in [0.25, 0.3) is 0 Å². The summed E-state index contributed by atoms with van der Waals surface area (Å²) >= 11 is 0. The van der Waals surface area contributed by atoms with Gasteiger partial charge in [0.15, 0.2) is 9.84 Å². The maximum Gasteiger partial charge on any atom is 0.224 e. The minimum absolute atomic E-state index is 0.0686. The molecule has 1 saturated heterocycles. The third kappa shape index (κ3) is 2.76. The molecule has 1 N–H and O–H groups in total. The van der Waals surface area contributed by atoms with E-state index in [4.69, 9.17) is 5.26 Å². The van der Waals surface area contributed by atoms with Gasteiger partial charge in [0.1, 0.15) is 11.8 Å². The Balaban J connectivity index is 2.25. The van der Waals surface area contributed by atoms with Gasteiger partial charge in [0, 0.05) is 5.69 Å². The second kappa shape index (κ2) is 4.21. The zero-order chi connectivity index (χ0) is 13.4. The van der Waals surface area contributed by atoms with Crippen LogP contribution in [0.2, 0.25) is 0 Å². The van der Waals surface area contributed by atoms with Crippen molar-refractivity contribution in [3.05, 3.63) is 17.5 Å². The van der Waals surface area contributed by atoms with E-state index < -0.39 is 15.4 Å². The number of nitrogens with zero attached hydrogens (tertiary/aromatic N) is 3. The lowest BCUT2D eigenvalue weighted by Crippen LogP contribution is -2.36. The highest BCUT2D eigenvalue weighted by Crippen LogP contribution is 2.26. The SMILES string of the molecule is Cc1cc(C#N)nc(NC2(C)CCS(=O)(=O)C2)n1. The molecule has 1 aliphatic rings. The summed E-state index contributed by atoms with van der Waals surface area (Å²) in [6.45, 7) is 3.59. The van der Waals surface area contributed by atoms with E-state index in [-0.39, 0.29) is 17.2 Å². The first kappa shape index (κ1) is 12.8. The number of hydrogen-bond acceptors (Lipinski definition) is 6. The Morgan fingerprint density at radius 2 is 2.22 bits per heavy atom. The zero-order valence-electron chi connectivity index (χ0n) is 10.3. The molecule has 18 heavy (non-hydrogen) atoms. The van der Waals surface area contributed by atoms with Crippen molar-refractivity contribution in [2.75, 3.05) is 16.8 Å². The molecule has 0 saturated carbocycles. The van der Waals surface area contributed by atoms with Gasteiger partial charge < -0.3 is 5.32 Å². The van der Waals surface area contributed by atoms with Crippen LogP contribution >= 0.6 is 0 Å². The number of sulfone groups is 1. The van der Waals surface area contributed by atoms with Crippen molar-refractivity contribution < 1.29 is 8.42 Å². The van der Waals surface area contributed by atoms with Crippen molar-refractivity contribution in [3.63, 3.8) is 0 Å². The van der Waals surface area contributed by atoms with Crippen LogP contribution < -0.4 is 5.32 Å². The monoisotopic (exact) mass is 266 g/mol. The van der Waals surface area contributed by atoms with Crippen LogP contribution in [-0.4, -0.2) is 35.4 Å².